The number of ether oxygens (including phenoxy) is 1. The molecule has 0 spiro atoms. The Morgan fingerprint density at radius 2 is 2.00 bits per heavy atom. The molecule has 2 amide bonds. The summed E-state index contributed by atoms with van der Waals surface area (Å²) in [7, 11) is 1.25. The van der Waals surface area contributed by atoms with Crippen molar-refractivity contribution in [3.8, 4) is 0 Å². The van der Waals surface area contributed by atoms with Gasteiger partial charge in [-0.05, 0) is 17.5 Å². The second-order valence-electron chi connectivity index (χ2n) is 7.79. The van der Waals surface area contributed by atoms with Crippen molar-refractivity contribution in [2.24, 2.45) is 0 Å². The van der Waals surface area contributed by atoms with Crippen molar-refractivity contribution in [1.82, 2.24) is 19.8 Å². The number of aromatic nitrogens is 2. The van der Waals surface area contributed by atoms with Gasteiger partial charge in [0.2, 0.25) is 11.8 Å². The fourth-order valence-corrected chi connectivity index (χ4v) is 5.87. The Morgan fingerprint density at radius 3 is 2.71 bits per heavy atom. The van der Waals surface area contributed by atoms with Crippen LogP contribution < -0.4 is 10.9 Å². The van der Waals surface area contributed by atoms with Crippen molar-refractivity contribution < 1.29 is 19.1 Å². The van der Waals surface area contributed by atoms with Crippen LogP contribution in [0.15, 0.2) is 40.3 Å². The molecule has 0 bridgehead atoms. The van der Waals surface area contributed by atoms with E-state index >= 15 is 0 Å². The average Bonchev–Trinajstić information content (AvgIpc) is 3.21. The predicted molar refractivity (Wildman–Crippen MR) is 130 cm³/mol. The van der Waals surface area contributed by atoms with E-state index in [9.17, 15) is 19.2 Å². The minimum Gasteiger partial charge on any atom is -0.468 e. The molecule has 1 N–H and O–H groups in total. The number of rotatable bonds is 7. The van der Waals surface area contributed by atoms with E-state index in [0.29, 0.717) is 41.4 Å². The highest BCUT2D eigenvalue weighted by Crippen LogP contribution is 2.33. The van der Waals surface area contributed by atoms with Crippen LogP contribution >= 0.6 is 23.1 Å². The van der Waals surface area contributed by atoms with E-state index in [4.69, 9.17) is 4.98 Å². The zero-order valence-corrected chi connectivity index (χ0v) is 20.5. The maximum atomic E-state index is 13.7. The molecule has 0 fully saturated rings. The molecular weight excluding hydrogens is 476 g/mol. The van der Waals surface area contributed by atoms with Gasteiger partial charge in [-0.15, -0.1) is 11.3 Å². The van der Waals surface area contributed by atoms with Gasteiger partial charge in [0, 0.05) is 18.3 Å². The van der Waals surface area contributed by atoms with Crippen LogP contribution in [0.4, 0.5) is 0 Å². The Bertz CT molecular complexity index is 1300. The first-order valence-corrected chi connectivity index (χ1v) is 12.5. The van der Waals surface area contributed by atoms with Crippen LogP contribution in [0, 0.1) is 0 Å². The first-order chi connectivity index (χ1) is 16.4. The summed E-state index contributed by atoms with van der Waals surface area (Å²) >= 11 is 2.57. The molecule has 1 aliphatic heterocycles. The number of thioether (sulfide) groups is 1. The van der Waals surface area contributed by atoms with Gasteiger partial charge in [-0.25, -0.2) is 4.98 Å². The monoisotopic (exact) mass is 500 g/mol. The van der Waals surface area contributed by atoms with Crippen LogP contribution in [0.3, 0.4) is 0 Å². The maximum absolute atomic E-state index is 13.7. The molecule has 3 aromatic rings. The highest BCUT2D eigenvalue weighted by atomic mass is 32.2. The Hall–Kier alpha value is -3.18. The van der Waals surface area contributed by atoms with Gasteiger partial charge in [-0.3, -0.25) is 23.7 Å². The van der Waals surface area contributed by atoms with Crippen LogP contribution in [0.2, 0.25) is 0 Å². The minimum atomic E-state index is -0.539. The largest absolute Gasteiger partial charge is 0.468 e. The number of thiophene rings is 1. The number of methoxy groups -OCH3 is 1. The number of fused-ring (bicyclic) bond motifs is 3. The van der Waals surface area contributed by atoms with Crippen molar-refractivity contribution in [2.75, 3.05) is 26.0 Å². The molecule has 0 saturated heterocycles. The summed E-state index contributed by atoms with van der Waals surface area (Å²) in [4.78, 5) is 57.1. The Balaban J connectivity index is 1.69. The summed E-state index contributed by atoms with van der Waals surface area (Å²) in [5.74, 6) is -0.902. The molecule has 0 unspecified atom stereocenters. The molecule has 0 atom stereocenters. The Labute approximate surface area is 204 Å². The molecule has 1 aliphatic rings. The number of carbonyl (C=O) groups is 3. The van der Waals surface area contributed by atoms with E-state index in [1.165, 1.54) is 18.4 Å². The molecule has 3 heterocycles. The lowest BCUT2D eigenvalue weighted by molar-refractivity contribution is -0.140. The lowest BCUT2D eigenvalue weighted by Gasteiger charge is -2.25. The number of nitrogens with one attached hydrogen (secondary N) is 1. The topological polar surface area (TPSA) is 111 Å². The third-order valence-corrected chi connectivity index (χ3v) is 7.63. The lowest BCUT2D eigenvalue weighted by Crippen LogP contribution is -2.34. The molecule has 1 aromatic carbocycles. The maximum Gasteiger partial charge on any atom is 0.325 e. The SMILES string of the molecule is COC(=O)CNC(=O)CSc1nc2sc3c(c2c(=O)n1Cc1ccccc1)CCN(C(C)=O)C3. The summed E-state index contributed by atoms with van der Waals surface area (Å²) in [6.07, 6.45) is 0.611. The van der Waals surface area contributed by atoms with Crippen LogP contribution in [0.25, 0.3) is 10.2 Å². The van der Waals surface area contributed by atoms with Crippen molar-refractivity contribution in [3.63, 3.8) is 0 Å². The van der Waals surface area contributed by atoms with Crippen molar-refractivity contribution in [3.05, 3.63) is 56.7 Å². The van der Waals surface area contributed by atoms with Gasteiger partial charge in [-0.1, -0.05) is 42.1 Å². The zero-order valence-electron chi connectivity index (χ0n) is 18.8. The summed E-state index contributed by atoms with van der Waals surface area (Å²) < 4.78 is 6.13. The molecule has 2 aromatic heterocycles. The average molecular weight is 501 g/mol. The molecule has 9 nitrogen and oxygen atoms in total. The third kappa shape index (κ3) is 5.15. The normalized spacial score (nSPS) is 12.9. The van der Waals surface area contributed by atoms with E-state index in [1.54, 1.807) is 16.4 Å². The van der Waals surface area contributed by atoms with Gasteiger partial charge >= 0.3 is 5.97 Å². The highest BCUT2D eigenvalue weighted by molar-refractivity contribution is 7.99. The molecular formula is C23H24N4O5S2. The second-order valence-corrected chi connectivity index (χ2v) is 9.81. The van der Waals surface area contributed by atoms with E-state index in [0.717, 1.165) is 27.8 Å². The number of hydrogen-bond donors (Lipinski definition) is 1. The van der Waals surface area contributed by atoms with Crippen LogP contribution in [0.5, 0.6) is 0 Å². The number of carbonyl (C=O) groups excluding carboxylic acids is 3. The molecule has 4 rings (SSSR count). The van der Waals surface area contributed by atoms with Crippen LogP contribution in [-0.2, 0) is 38.6 Å². The molecule has 0 radical (unpaired) electrons. The summed E-state index contributed by atoms with van der Waals surface area (Å²) in [5, 5.41) is 3.52. The molecule has 34 heavy (non-hydrogen) atoms. The van der Waals surface area contributed by atoms with E-state index < -0.39 is 5.97 Å². The van der Waals surface area contributed by atoms with Gasteiger partial charge < -0.3 is 15.0 Å². The van der Waals surface area contributed by atoms with E-state index in [1.807, 2.05) is 30.3 Å². The van der Waals surface area contributed by atoms with Crippen molar-refractivity contribution >= 4 is 51.1 Å². The fraction of sp³-hybridized carbons (Fsp3) is 0.348. The summed E-state index contributed by atoms with van der Waals surface area (Å²) in [6.45, 7) is 2.69. The smallest absolute Gasteiger partial charge is 0.325 e. The molecule has 11 heteroatoms. The predicted octanol–water partition coefficient (Wildman–Crippen LogP) is 1.79. The van der Waals surface area contributed by atoms with E-state index in [2.05, 4.69) is 10.1 Å². The second kappa shape index (κ2) is 10.4. The minimum absolute atomic E-state index is 0.00626. The fourth-order valence-electron chi connectivity index (χ4n) is 3.77. The lowest BCUT2D eigenvalue weighted by atomic mass is 10.1. The summed E-state index contributed by atoms with van der Waals surface area (Å²) in [6, 6.07) is 9.58. The van der Waals surface area contributed by atoms with Gasteiger partial charge in [0.15, 0.2) is 5.16 Å². The Kier molecular flexibility index (Phi) is 7.32. The van der Waals surface area contributed by atoms with Gasteiger partial charge in [-0.2, -0.15) is 0 Å². The number of esters is 1. The Morgan fingerprint density at radius 1 is 1.24 bits per heavy atom. The van der Waals surface area contributed by atoms with Crippen molar-refractivity contribution in [1.29, 1.82) is 0 Å². The third-order valence-electron chi connectivity index (χ3n) is 5.54. The molecule has 0 saturated carbocycles. The first-order valence-electron chi connectivity index (χ1n) is 10.7. The first kappa shape index (κ1) is 24.0. The number of amides is 2. The van der Waals surface area contributed by atoms with Gasteiger partial charge in [0.05, 0.1) is 31.3 Å². The number of benzene rings is 1. The quantitative estimate of drug-likeness (QED) is 0.299. The summed E-state index contributed by atoms with van der Waals surface area (Å²) in [5.41, 5.74) is 1.75. The molecule has 178 valence electrons. The number of hydrogen-bond acceptors (Lipinski definition) is 8. The van der Waals surface area contributed by atoms with Crippen LogP contribution in [0.1, 0.15) is 22.9 Å². The van der Waals surface area contributed by atoms with Crippen LogP contribution in [-0.4, -0.2) is 58.2 Å². The van der Waals surface area contributed by atoms with Crippen molar-refractivity contribution in [2.45, 2.75) is 31.6 Å². The standard InChI is InChI=1S/C23H24N4O5S2/c1-14(28)26-9-8-16-17(12-26)34-21-20(16)22(31)27(11-15-6-4-3-5-7-15)23(25-21)33-13-18(29)24-10-19(30)32-2/h3-7H,8-13H2,1-2H3,(H,24,29). The van der Waals surface area contributed by atoms with E-state index in [-0.39, 0.29) is 29.7 Å². The van der Waals surface area contributed by atoms with Gasteiger partial charge in [0.1, 0.15) is 11.4 Å². The highest BCUT2D eigenvalue weighted by Gasteiger charge is 2.26. The van der Waals surface area contributed by atoms with Gasteiger partial charge in [0.25, 0.3) is 5.56 Å². The zero-order chi connectivity index (χ0) is 24.2. The number of nitrogens with zero attached hydrogens (tertiary/aromatic N) is 3. The molecule has 0 aliphatic carbocycles.